The maximum absolute atomic E-state index is 10.1. The first-order valence-electron chi connectivity index (χ1n) is 3.80. The molecule has 0 amide bonds. The molecule has 0 aromatic carbocycles. The minimum Gasteiger partial charge on any atom is -0.545 e. The summed E-state index contributed by atoms with van der Waals surface area (Å²) in [5, 5.41) is 13.0. The fourth-order valence-corrected chi connectivity index (χ4v) is 0.563. The van der Waals surface area contributed by atoms with Crippen molar-refractivity contribution in [2.24, 2.45) is 0 Å². The summed E-state index contributed by atoms with van der Waals surface area (Å²) < 4.78 is 0. The zero-order valence-corrected chi connectivity index (χ0v) is 7.02. The van der Waals surface area contributed by atoms with Gasteiger partial charge < -0.3 is 15.2 Å². The van der Waals surface area contributed by atoms with Gasteiger partial charge in [0.1, 0.15) is 0 Å². The van der Waals surface area contributed by atoms with Gasteiger partial charge in [0.15, 0.2) is 0 Å². The summed E-state index contributed by atoms with van der Waals surface area (Å²) in [7, 11) is 0. The van der Waals surface area contributed by atoms with Crippen molar-refractivity contribution in [1.82, 2.24) is 5.32 Å². The molecular weight excluding hydrogens is 142 g/mol. The fourth-order valence-electron chi connectivity index (χ4n) is 0.563. The molecule has 1 N–H and O–H groups in total. The van der Waals surface area contributed by atoms with Crippen molar-refractivity contribution in [2.45, 2.75) is 26.7 Å². The van der Waals surface area contributed by atoms with Gasteiger partial charge in [0.25, 0.3) is 0 Å². The number of rotatable bonds is 5. The van der Waals surface area contributed by atoms with E-state index < -0.39 is 5.97 Å². The van der Waals surface area contributed by atoms with Gasteiger partial charge in [-0.1, -0.05) is 13.3 Å². The first-order valence-corrected chi connectivity index (χ1v) is 3.80. The van der Waals surface area contributed by atoms with Crippen molar-refractivity contribution in [1.29, 1.82) is 0 Å². The van der Waals surface area contributed by atoms with Crippen LogP contribution in [0.5, 0.6) is 0 Å². The number of carboxylic acids is 1. The molecule has 0 aromatic heterocycles. The van der Waals surface area contributed by atoms with E-state index in [1.807, 2.05) is 0 Å². The number of carboxylic acid groups (broad SMARTS) is 1. The Labute approximate surface area is 67.1 Å². The average molecular weight is 156 g/mol. The molecule has 0 radical (unpaired) electrons. The zero-order valence-electron chi connectivity index (χ0n) is 7.02. The van der Waals surface area contributed by atoms with Crippen LogP contribution in [0.15, 0.2) is 11.8 Å². The van der Waals surface area contributed by atoms with E-state index in [0.717, 1.165) is 19.4 Å². The van der Waals surface area contributed by atoms with Crippen LogP contribution in [0.1, 0.15) is 26.7 Å². The lowest BCUT2D eigenvalue weighted by atomic mass is 10.3. The van der Waals surface area contributed by atoms with E-state index >= 15 is 0 Å². The van der Waals surface area contributed by atoms with Crippen molar-refractivity contribution in [2.75, 3.05) is 6.54 Å². The standard InChI is InChI=1S/C8H15NO2/c1-3-4-5-9-6-7(2)8(10)11/h6,9H,3-5H2,1-2H3,(H,10,11)/p-1/b7-6+. The molecule has 0 aliphatic heterocycles. The van der Waals surface area contributed by atoms with Gasteiger partial charge in [0.05, 0.1) is 5.97 Å². The lowest BCUT2D eigenvalue weighted by Gasteiger charge is -2.03. The number of aliphatic carboxylic acids is 1. The normalized spacial score (nSPS) is 11.3. The molecule has 0 heterocycles. The molecule has 0 aromatic rings. The summed E-state index contributed by atoms with van der Waals surface area (Å²) in [6.45, 7) is 4.41. The van der Waals surface area contributed by atoms with Gasteiger partial charge in [-0.25, -0.2) is 0 Å². The van der Waals surface area contributed by atoms with E-state index in [-0.39, 0.29) is 5.57 Å². The third-order valence-electron chi connectivity index (χ3n) is 1.32. The number of unbranched alkanes of at least 4 members (excludes halogenated alkanes) is 1. The minimum absolute atomic E-state index is 0.237. The van der Waals surface area contributed by atoms with Crippen LogP contribution in [0.2, 0.25) is 0 Å². The SMILES string of the molecule is CCCCN/C=C(\C)C(=O)[O-]. The molecule has 0 fully saturated rings. The van der Waals surface area contributed by atoms with E-state index in [1.165, 1.54) is 13.1 Å². The summed E-state index contributed by atoms with van der Waals surface area (Å²) >= 11 is 0. The van der Waals surface area contributed by atoms with E-state index in [9.17, 15) is 9.90 Å². The molecule has 0 aliphatic rings. The Morgan fingerprint density at radius 1 is 1.64 bits per heavy atom. The Balaban J connectivity index is 3.48. The molecule has 0 aliphatic carbocycles. The van der Waals surface area contributed by atoms with Gasteiger partial charge >= 0.3 is 0 Å². The summed E-state index contributed by atoms with van der Waals surface area (Å²) in [5.74, 6) is -1.12. The predicted molar refractivity (Wildman–Crippen MR) is 41.7 cm³/mol. The number of hydrogen-bond acceptors (Lipinski definition) is 3. The van der Waals surface area contributed by atoms with Crippen LogP contribution in [0, 0.1) is 0 Å². The summed E-state index contributed by atoms with van der Waals surface area (Å²) in [5.41, 5.74) is 0.237. The lowest BCUT2D eigenvalue weighted by molar-refractivity contribution is -0.299. The van der Waals surface area contributed by atoms with Gasteiger partial charge in [-0.05, 0) is 18.9 Å². The lowest BCUT2D eigenvalue weighted by Crippen LogP contribution is -2.24. The van der Waals surface area contributed by atoms with Crippen molar-refractivity contribution < 1.29 is 9.90 Å². The Morgan fingerprint density at radius 2 is 2.27 bits per heavy atom. The Kier molecular flexibility index (Phi) is 5.25. The molecule has 64 valence electrons. The highest BCUT2D eigenvalue weighted by Gasteiger charge is 1.86. The predicted octanol–water partition coefficient (Wildman–Crippen LogP) is 0.0298. The highest BCUT2D eigenvalue weighted by Crippen LogP contribution is 1.87. The van der Waals surface area contributed by atoms with Gasteiger partial charge in [-0.2, -0.15) is 0 Å². The van der Waals surface area contributed by atoms with Gasteiger partial charge in [-0.3, -0.25) is 0 Å². The number of nitrogens with one attached hydrogen (secondary N) is 1. The van der Waals surface area contributed by atoms with Crippen LogP contribution in [0.3, 0.4) is 0 Å². The third-order valence-corrected chi connectivity index (χ3v) is 1.32. The van der Waals surface area contributed by atoms with E-state index in [2.05, 4.69) is 12.2 Å². The second-order valence-electron chi connectivity index (χ2n) is 2.42. The molecule has 0 saturated carbocycles. The third kappa shape index (κ3) is 5.45. The summed E-state index contributed by atoms with van der Waals surface area (Å²) in [6.07, 6.45) is 3.63. The van der Waals surface area contributed by atoms with Crippen LogP contribution in [0.4, 0.5) is 0 Å². The Hall–Kier alpha value is -0.990. The maximum Gasteiger partial charge on any atom is 0.0686 e. The van der Waals surface area contributed by atoms with Gasteiger partial charge in [-0.15, -0.1) is 0 Å². The zero-order chi connectivity index (χ0) is 8.69. The average Bonchev–Trinajstić information content (AvgIpc) is 1.97. The summed E-state index contributed by atoms with van der Waals surface area (Å²) in [6, 6.07) is 0. The quantitative estimate of drug-likeness (QED) is 0.451. The van der Waals surface area contributed by atoms with Crippen LogP contribution in [0.25, 0.3) is 0 Å². The van der Waals surface area contributed by atoms with Crippen LogP contribution >= 0.6 is 0 Å². The fraction of sp³-hybridized carbons (Fsp3) is 0.625. The van der Waals surface area contributed by atoms with Crippen molar-refractivity contribution in [3.8, 4) is 0 Å². The molecule has 0 spiro atoms. The van der Waals surface area contributed by atoms with Crippen molar-refractivity contribution >= 4 is 5.97 Å². The molecule has 3 nitrogen and oxygen atoms in total. The molecule has 0 unspecified atom stereocenters. The molecule has 11 heavy (non-hydrogen) atoms. The van der Waals surface area contributed by atoms with Gasteiger partial charge in [0.2, 0.25) is 0 Å². The van der Waals surface area contributed by atoms with E-state index in [4.69, 9.17) is 0 Å². The Bertz CT molecular complexity index is 152. The molecule has 0 atom stereocenters. The first-order chi connectivity index (χ1) is 5.18. The first kappa shape index (κ1) is 10.0. The molecule has 0 bridgehead atoms. The topological polar surface area (TPSA) is 52.2 Å². The second-order valence-corrected chi connectivity index (χ2v) is 2.42. The molecular formula is C8H14NO2-. The van der Waals surface area contributed by atoms with E-state index in [1.54, 1.807) is 0 Å². The van der Waals surface area contributed by atoms with Crippen LogP contribution in [-0.4, -0.2) is 12.5 Å². The van der Waals surface area contributed by atoms with Crippen molar-refractivity contribution in [3.63, 3.8) is 0 Å². The number of carbonyl (C=O) groups is 1. The highest BCUT2D eigenvalue weighted by atomic mass is 16.4. The van der Waals surface area contributed by atoms with Crippen LogP contribution in [-0.2, 0) is 4.79 Å². The molecule has 0 rings (SSSR count). The molecule has 0 saturated heterocycles. The smallest absolute Gasteiger partial charge is 0.0686 e. The summed E-state index contributed by atoms with van der Waals surface area (Å²) in [4.78, 5) is 10.1. The van der Waals surface area contributed by atoms with Crippen molar-refractivity contribution in [3.05, 3.63) is 11.8 Å². The highest BCUT2D eigenvalue weighted by molar-refractivity contribution is 5.83. The van der Waals surface area contributed by atoms with Gasteiger partial charge in [0, 0.05) is 12.7 Å². The second kappa shape index (κ2) is 5.77. The maximum atomic E-state index is 10.1. The number of hydrogen-bond donors (Lipinski definition) is 1. The molecule has 3 heteroatoms. The monoisotopic (exact) mass is 156 g/mol. The largest absolute Gasteiger partial charge is 0.545 e. The Morgan fingerprint density at radius 3 is 2.73 bits per heavy atom. The van der Waals surface area contributed by atoms with E-state index in [0.29, 0.717) is 0 Å². The van der Waals surface area contributed by atoms with Crippen LogP contribution < -0.4 is 10.4 Å². The minimum atomic E-state index is -1.12. The number of carbonyl (C=O) groups excluding carboxylic acids is 1.